The average Bonchev–Trinajstić information content (AvgIpc) is 3.77. The zero-order valence-corrected chi connectivity index (χ0v) is 28.6. The van der Waals surface area contributed by atoms with E-state index in [2.05, 4.69) is 182 Å². The maximum Gasteiger partial charge on any atom is 0.0555 e. The van der Waals surface area contributed by atoms with Gasteiger partial charge in [-0.05, 0) is 82.8 Å². The van der Waals surface area contributed by atoms with Gasteiger partial charge in [0.1, 0.15) is 0 Å². The molecule has 0 aliphatic heterocycles. The second kappa shape index (κ2) is 10.4. The third-order valence-corrected chi connectivity index (χ3v) is 11.4. The Morgan fingerprint density at radius 1 is 0.388 bits per heavy atom. The van der Waals surface area contributed by atoms with Crippen molar-refractivity contribution in [3.05, 3.63) is 157 Å². The highest BCUT2D eigenvalue weighted by molar-refractivity contribution is 7.25. The number of fused-ring (bicyclic) bond motifs is 9. The molecule has 10 rings (SSSR count). The average molecular weight is 647 g/mol. The van der Waals surface area contributed by atoms with Gasteiger partial charge in [0.15, 0.2) is 0 Å². The highest BCUT2D eigenvalue weighted by atomic mass is 32.1. The number of hydrogen-bond acceptors (Lipinski definition) is 1. The SMILES string of the molecule is CC(C)(C)c1ccc(-c2ccc(-n3c4ccccc4c4cc(-n5c6ccccc6c6cc7c(cc65)sc5ccccc57)ccc43)cc2)cc1. The molecule has 0 amide bonds. The van der Waals surface area contributed by atoms with Crippen LogP contribution in [0, 0.1) is 0 Å². The number of rotatable bonds is 3. The van der Waals surface area contributed by atoms with Crippen molar-refractivity contribution in [2.24, 2.45) is 0 Å². The standard InChI is InChI=1S/C46H34N2S/c1-46(2,3)31-20-16-29(17-21-31)30-18-22-32(23-19-30)47-40-13-7-4-10-34(40)37-26-33(24-25-42(37)47)48-41-14-8-5-11-35(41)38-27-39-36-12-6-9-15-44(36)49-45(39)28-43(38)48/h4-28H,1-3H3. The monoisotopic (exact) mass is 646 g/mol. The lowest BCUT2D eigenvalue weighted by molar-refractivity contribution is 0.590. The molecule has 0 atom stereocenters. The topological polar surface area (TPSA) is 9.86 Å². The first-order valence-electron chi connectivity index (χ1n) is 17.0. The number of benzene rings is 7. The van der Waals surface area contributed by atoms with Gasteiger partial charge in [-0.25, -0.2) is 0 Å². The van der Waals surface area contributed by atoms with Crippen molar-refractivity contribution in [3.63, 3.8) is 0 Å². The lowest BCUT2D eigenvalue weighted by Gasteiger charge is -2.19. The molecule has 49 heavy (non-hydrogen) atoms. The van der Waals surface area contributed by atoms with Crippen LogP contribution in [-0.4, -0.2) is 9.13 Å². The van der Waals surface area contributed by atoms with E-state index in [1.54, 1.807) is 0 Å². The fourth-order valence-electron chi connectivity index (χ4n) is 7.81. The van der Waals surface area contributed by atoms with Gasteiger partial charge in [-0.2, -0.15) is 0 Å². The van der Waals surface area contributed by atoms with Gasteiger partial charge >= 0.3 is 0 Å². The Labute approximate surface area is 289 Å². The summed E-state index contributed by atoms with van der Waals surface area (Å²) in [7, 11) is 0. The molecule has 10 aromatic rings. The lowest BCUT2D eigenvalue weighted by Crippen LogP contribution is -2.10. The van der Waals surface area contributed by atoms with Crippen LogP contribution < -0.4 is 0 Å². The molecule has 0 saturated carbocycles. The first-order valence-corrected chi connectivity index (χ1v) is 17.8. The van der Waals surface area contributed by atoms with Gasteiger partial charge in [0.05, 0.1) is 22.1 Å². The Morgan fingerprint density at radius 2 is 0.918 bits per heavy atom. The summed E-state index contributed by atoms with van der Waals surface area (Å²) in [6.07, 6.45) is 0. The summed E-state index contributed by atoms with van der Waals surface area (Å²) in [5.41, 5.74) is 11.2. The molecule has 0 radical (unpaired) electrons. The predicted octanol–water partition coefficient (Wildman–Crippen LogP) is 13.2. The van der Waals surface area contributed by atoms with Crippen LogP contribution in [0.5, 0.6) is 0 Å². The predicted molar refractivity (Wildman–Crippen MR) is 212 cm³/mol. The number of aromatic nitrogens is 2. The van der Waals surface area contributed by atoms with Gasteiger partial charge in [-0.15, -0.1) is 11.3 Å². The van der Waals surface area contributed by atoms with E-state index in [0.717, 1.165) is 5.69 Å². The van der Waals surface area contributed by atoms with Crippen LogP contribution in [0.3, 0.4) is 0 Å². The number of nitrogens with zero attached hydrogens (tertiary/aromatic N) is 2. The molecule has 3 aromatic heterocycles. The van der Waals surface area contributed by atoms with Crippen molar-refractivity contribution in [2.45, 2.75) is 26.2 Å². The molecule has 0 saturated heterocycles. The van der Waals surface area contributed by atoms with Crippen LogP contribution in [0.15, 0.2) is 152 Å². The van der Waals surface area contributed by atoms with Crippen molar-refractivity contribution < 1.29 is 0 Å². The molecule has 0 N–H and O–H groups in total. The van der Waals surface area contributed by atoms with Gasteiger partial charge in [0.25, 0.3) is 0 Å². The highest BCUT2D eigenvalue weighted by Crippen LogP contribution is 2.42. The number of para-hydroxylation sites is 2. The van der Waals surface area contributed by atoms with Crippen LogP contribution in [0.4, 0.5) is 0 Å². The highest BCUT2D eigenvalue weighted by Gasteiger charge is 2.18. The summed E-state index contributed by atoms with van der Waals surface area (Å²) in [5, 5.41) is 7.76. The lowest BCUT2D eigenvalue weighted by atomic mass is 9.86. The van der Waals surface area contributed by atoms with Crippen molar-refractivity contribution in [3.8, 4) is 22.5 Å². The molecule has 0 bridgehead atoms. The fourth-order valence-corrected chi connectivity index (χ4v) is 8.93. The Bertz CT molecular complexity index is 2890. The van der Waals surface area contributed by atoms with E-state index in [-0.39, 0.29) is 5.41 Å². The summed E-state index contributed by atoms with van der Waals surface area (Å²) in [5.74, 6) is 0. The quantitative estimate of drug-likeness (QED) is 0.181. The molecule has 0 fully saturated rings. The second-order valence-corrected chi connectivity index (χ2v) is 15.3. The molecule has 0 aliphatic rings. The van der Waals surface area contributed by atoms with E-state index in [9.17, 15) is 0 Å². The Kier molecular flexibility index (Phi) is 6.04. The van der Waals surface area contributed by atoms with Gasteiger partial charge in [0.2, 0.25) is 0 Å². The van der Waals surface area contributed by atoms with E-state index < -0.39 is 0 Å². The Balaban J connectivity index is 1.14. The fraction of sp³-hybridized carbons (Fsp3) is 0.0870. The normalized spacial score (nSPS) is 12.4. The molecule has 2 nitrogen and oxygen atoms in total. The van der Waals surface area contributed by atoms with E-state index in [0.29, 0.717) is 0 Å². The van der Waals surface area contributed by atoms with Crippen molar-refractivity contribution in [2.75, 3.05) is 0 Å². The molecule has 7 aromatic carbocycles. The second-order valence-electron chi connectivity index (χ2n) is 14.2. The van der Waals surface area contributed by atoms with Crippen molar-refractivity contribution >= 4 is 75.1 Å². The third kappa shape index (κ3) is 4.32. The van der Waals surface area contributed by atoms with Crippen molar-refractivity contribution in [1.29, 1.82) is 0 Å². The molecule has 0 aliphatic carbocycles. The maximum atomic E-state index is 2.46. The summed E-state index contributed by atoms with van der Waals surface area (Å²) >= 11 is 1.88. The van der Waals surface area contributed by atoms with E-state index in [1.807, 2.05) is 11.3 Å². The van der Waals surface area contributed by atoms with Crippen molar-refractivity contribution in [1.82, 2.24) is 9.13 Å². The minimum Gasteiger partial charge on any atom is -0.309 e. The minimum absolute atomic E-state index is 0.145. The van der Waals surface area contributed by atoms with E-state index in [4.69, 9.17) is 0 Å². The van der Waals surface area contributed by atoms with Crippen LogP contribution in [-0.2, 0) is 5.41 Å². The van der Waals surface area contributed by atoms with Crippen LogP contribution in [0.2, 0.25) is 0 Å². The van der Waals surface area contributed by atoms with Gasteiger partial charge in [-0.1, -0.05) is 112 Å². The van der Waals surface area contributed by atoms with Gasteiger partial charge in [0, 0.05) is 53.1 Å². The zero-order chi connectivity index (χ0) is 32.9. The Morgan fingerprint density at radius 3 is 1.59 bits per heavy atom. The molecule has 0 spiro atoms. The molecular formula is C46H34N2S. The van der Waals surface area contributed by atoms with Crippen LogP contribution in [0.25, 0.3) is 86.3 Å². The summed E-state index contributed by atoms with van der Waals surface area (Å²) < 4.78 is 7.53. The Hall–Kier alpha value is -5.64. The zero-order valence-electron chi connectivity index (χ0n) is 27.7. The van der Waals surface area contributed by atoms with Gasteiger partial charge in [-0.3, -0.25) is 0 Å². The van der Waals surface area contributed by atoms with E-state index >= 15 is 0 Å². The van der Waals surface area contributed by atoms with Gasteiger partial charge < -0.3 is 9.13 Å². The molecule has 234 valence electrons. The number of hydrogen-bond donors (Lipinski definition) is 0. The largest absolute Gasteiger partial charge is 0.309 e. The first kappa shape index (κ1) is 28.4. The number of thiophene rings is 1. The van der Waals surface area contributed by atoms with Crippen LogP contribution in [0.1, 0.15) is 26.3 Å². The third-order valence-electron chi connectivity index (χ3n) is 10.3. The molecule has 3 heteroatoms. The summed E-state index contributed by atoms with van der Waals surface area (Å²) in [6.45, 7) is 6.79. The molecule has 3 heterocycles. The summed E-state index contributed by atoms with van der Waals surface area (Å²) in [6, 6.07) is 56.3. The van der Waals surface area contributed by atoms with E-state index in [1.165, 1.54) is 86.2 Å². The molecular weight excluding hydrogens is 613 g/mol. The minimum atomic E-state index is 0.145. The smallest absolute Gasteiger partial charge is 0.0555 e. The maximum absolute atomic E-state index is 2.46. The summed E-state index contributed by atoms with van der Waals surface area (Å²) in [4.78, 5) is 0. The van der Waals surface area contributed by atoms with Crippen LogP contribution >= 0.6 is 11.3 Å². The first-order chi connectivity index (χ1) is 23.9. The molecule has 0 unspecified atom stereocenters.